The molecule has 1 amide bonds. The monoisotopic (exact) mass is 254 g/mol. The second-order valence-electron chi connectivity index (χ2n) is 4.19. The highest BCUT2D eigenvalue weighted by molar-refractivity contribution is 7.99. The van der Waals surface area contributed by atoms with Gasteiger partial charge in [-0.1, -0.05) is 18.7 Å². The second kappa shape index (κ2) is 6.05. The van der Waals surface area contributed by atoms with Gasteiger partial charge in [-0.3, -0.25) is 9.89 Å². The van der Waals surface area contributed by atoms with Crippen molar-refractivity contribution in [3.8, 4) is 0 Å². The smallest absolute Gasteiger partial charge is 0.233 e. The van der Waals surface area contributed by atoms with E-state index >= 15 is 0 Å². The number of H-pyrrole nitrogens is 1. The Labute approximate surface area is 105 Å². The van der Waals surface area contributed by atoms with Gasteiger partial charge in [0, 0.05) is 19.5 Å². The molecule has 6 heteroatoms. The van der Waals surface area contributed by atoms with Crippen LogP contribution in [0.3, 0.4) is 0 Å². The Kier molecular flexibility index (Phi) is 4.42. The van der Waals surface area contributed by atoms with Crippen molar-refractivity contribution in [2.24, 2.45) is 0 Å². The van der Waals surface area contributed by atoms with Gasteiger partial charge < -0.3 is 4.90 Å². The molecule has 0 aliphatic carbocycles. The molecular weight excluding hydrogens is 236 g/mol. The van der Waals surface area contributed by atoms with Crippen molar-refractivity contribution in [2.45, 2.75) is 37.8 Å². The van der Waals surface area contributed by atoms with Crippen molar-refractivity contribution < 1.29 is 4.79 Å². The first kappa shape index (κ1) is 12.4. The predicted molar refractivity (Wildman–Crippen MR) is 66.9 cm³/mol. The molecule has 1 aliphatic heterocycles. The molecule has 0 saturated carbocycles. The molecular formula is C11H18N4OS. The number of nitrogens with zero attached hydrogens (tertiary/aromatic N) is 3. The van der Waals surface area contributed by atoms with Crippen molar-refractivity contribution in [1.29, 1.82) is 0 Å². The molecule has 1 N–H and O–H groups in total. The van der Waals surface area contributed by atoms with Crippen molar-refractivity contribution in [3.63, 3.8) is 0 Å². The molecule has 1 aromatic heterocycles. The minimum atomic E-state index is 0.203. The summed E-state index contributed by atoms with van der Waals surface area (Å²) >= 11 is 1.42. The van der Waals surface area contributed by atoms with Crippen molar-refractivity contribution in [2.75, 3.05) is 18.8 Å². The van der Waals surface area contributed by atoms with Crippen LogP contribution in [0.25, 0.3) is 0 Å². The Bertz CT molecular complexity index is 373. The molecule has 17 heavy (non-hydrogen) atoms. The van der Waals surface area contributed by atoms with Gasteiger partial charge in [0.25, 0.3) is 0 Å². The van der Waals surface area contributed by atoms with Gasteiger partial charge in [0.2, 0.25) is 11.1 Å². The first-order valence-electron chi connectivity index (χ1n) is 6.11. The van der Waals surface area contributed by atoms with Gasteiger partial charge in [-0.15, -0.1) is 5.10 Å². The molecule has 0 unspecified atom stereocenters. The lowest BCUT2D eigenvalue weighted by Crippen LogP contribution is -2.29. The molecule has 0 spiro atoms. The van der Waals surface area contributed by atoms with E-state index in [4.69, 9.17) is 0 Å². The molecule has 5 nitrogen and oxygen atoms in total. The quantitative estimate of drug-likeness (QED) is 0.808. The molecule has 1 aliphatic rings. The number of aromatic amines is 1. The third kappa shape index (κ3) is 3.46. The van der Waals surface area contributed by atoms with E-state index in [2.05, 4.69) is 22.1 Å². The number of hydrogen-bond acceptors (Lipinski definition) is 4. The van der Waals surface area contributed by atoms with Gasteiger partial charge in [0.15, 0.2) is 0 Å². The number of carbonyl (C=O) groups is 1. The molecule has 1 aromatic rings. The van der Waals surface area contributed by atoms with Crippen LogP contribution in [0.2, 0.25) is 0 Å². The molecule has 0 radical (unpaired) electrons. The Morgan fingerprint density at radius 2 is 2.24 bits per heavy atom. The maximum absolute atomic E-state index is 11.8. The SMILES string of the molecule is CCCc1nc(SCC(=O)N2CCCC2)n[nH]1. The summed E-state index contributed by atoms with van der Waals surface area (Å²) in [6, 6.07) is 0. The highest BCUT2D eigenvalue weighted by atomic mass is 32.2. The fourth-order valence-corrected chi connectivity index (χ4v) is 2.60. The average molecular weight is 254 g/mol. The van der Waals surface area contributed by atoms with E-state index in [0.29, 0.717) is 10.9 Å². The number of likely N-dealkylation sites (tertiary alicyclic amines) is 1. The highest BCUT2D eigenvalue weighted by Gasteiger charge is 2.18. The molecule has 1 fully saturated rings. The number of aromatic nitrogens is 3. The minimum Gasteiger partial charge on any atom is -0.342 e. The summed E-state index contributed by atoms with van der Waals surface area (Å²) in [5.41, 5.74) is 0. The van der Waals surface area contributed by atoms with Crippen LogP contribution >= 0.6 is 11.8 Å². The van der Waals surface area contributed by atoms with Crippen molar-refractivity contribution in [3.05, 3.63) is 5.82 Å². The Morgan fingerprint density at radius 3 is 2.94 bits per heavy atom. The summed E-state index contributed by atoms with van der Waals surface area (Å²) < 4.78 is 0. The standard InChI is InChI=1S/C11H18N4OS/c1-2-5-9-12-11(14-13-9)17-8-10(16)15-6-3-4-7-15/h2-8H2,1H3,(H,12,13,14). The van der Waals surface area contributed by atoms with E-state index in [1.165, 1.54) is 11.8 Å². The molecule has 0 atom stereocenters. The van der Waals surface area contributed by atoms with E-state index < -0.39 is 0 Å². The molecule has 0 aromatic carbocycles. The zero-order chi connectivity index (χ0) is 12.1. The highest BCUT2D eigenvalue weighted by Crippen LogP contribution is 2.15. The van der Waals surface area contributed by atoms with Gasteiger partial charge in [0.05, 0.1) is 5.75 Å². The van der Waals surface area contributed by atoms with E-state index in [-0.39, 0.29) is 5.91 Å². The number of nitrogens with one attached hydrogen (secondary N) is 1. The van der Waals surface area contributed by atoms with Crippen LogP contribution in [0.4, 0.5) is 0 Å². The second-order valence-corrected chi connectivity index (χ2v) is 5.13. The summed E-state index contributed by atoms with van der Waals surface area (Å²) in [5.74, 6) is 1.56. The number of rotatable bonds is 5. The summed E-state index contributed by atoms with van der Waals surface area (Å²) in [6.07, 6.45) is 4.23. The van der Waals surface area contributed by atoms with Gasteiger partial charge >= 0.3 is 0 Å². The van der Waals surface area contributed by atoms with Crippen LogP contribution in [0.15, 0.2) is 5.16 Å². The molecule has 2 rings (SSSR count). The zero-order valence-corrected chi connectivity index (χ0v) is 10.9. The maximum atomic E-state index is 11.8. The normalized spacial score (nSPS) is 15.5. The van der Waals surface area contributed by atoms with E-state index in [1.807, 2.05) is 4.90 Å². The number of aryl methyl sites for hydroxylation is 1. The minimum absolute atomic E-state index is 0.203. The fourth-order valence-electron chi connectivity index (χ4n) is 1.88. The van der Waals surface area contributed by atoms with Gasteiger partial charge in [-0.25, -0.2) is 4.98 Å². The van der Waals surface area contributed by atoms with Crippen LogP contribution in [0.1, 0.15) is 32.0 Å². The van der Waals surface area contributed by atoms with Crippen LogP contribution in [-0.2, 0) is 11.2 Å². The molecule has 2 heterocycles. The number of carbonyl (C=O) groups excluding carboxylic acids is 1. The van der Waals surface area contributed by atoms with Gasteiger partial charge in [-0.05, 0) is 19.3 Å². The Balaban J connectivity index is 1.78. The van der Waals surface area contributed by atoms with Crippen molar-refractivity contribution in [1.82, 2.24) is 20.1 Å². The summed E-state index contributed by atoms with van der Waals surface area (Å²) in [4.78, 5) is 18.0. The van der Waals surface area contributed by atoms with Crippen LogP contribution < -0.4 is 0 Å². The number of hydrogen-bond donors (Lipinski definition) is 1. The largest absolute Gasteiger partial charge is 0.342 e. The maximum Gasteiger partial charge on any atom is 0.233 e. The van der Waals surface area contributed by atoms with Gasteiger partial charge in [0.1, 0.15) is 5.82 Å². The fraction of sp³-hybridized carbons (Fsp3) is 0.727. The van der Waals surface area contributed by atoms with E-state index in [1.54, 1.807) is 0 Å². The lowest BCUT2D eigenvalue weighted by atomic mass is 10.3. The third-order valence-corrected chi connectivity index (χ3v) is 3.61. The summed E-state index contributed by atoms with van der Waals surface area (Å²) in [7, 11) is 0. The van der Waals surface area contributed by atoms with Crippen LogP contribution in [0, 0.1) is 0 Å². The lowest BCUT2D eigenvalue weighted by molar-refractivity contribution is -0.127. The summed E-state index contributed by atoms with van der Waals surface area (Å²) in [6.45, 7) is 3.93. The topological polar surface area (TPSA) is 61.9 Å². The van der Waals surface area contributed by atoms with E-state index in [9.17, 15) is 4.79 Å². The first-order valence-corrected chi connectivity index (χ1v) is 7.10. The van der Waals surface area contributed by atoms with Crippen LogP contribution in [0.5, 0.6) is 0 Å². The number of thioether (sulfide) groups is 1. The molecule has 1 saturated heterocycles. The third-order valence-electron chi connectivity index (χ3n) is 2.78. The molecule has 0 bridgehead atoms. The molecule has 94 valence electrons. The Morgan fingerprint density at radius 1 is 1.47 bits per heavy atom. The van der Waals surface area contributed by atoms with E-state index in [0.717, 1.165) is 44.6 Å². The Hall–Kier alpha value is -1.04. The summed E-state index contributed by atoms with van der Waals surface area (Å²) in [5, 5.41) is 7.66. The lowest BCUT2D eigenvalue weighted by Gasteiger charge is -2.13. The van der Waals surface area contributed by atoms with Crippen molar-refractivity contribution >= 4 is 17.7 Å². The average Bonchev–Trinajstić information content (AvgIpc) is 2.97. The van der Waals surface area contributed by atoms with Gasteiger partial charge in [-0.2, -0.15) is 0 Å². The number of amides is 1. The predicted octanol–water partition coefficient (Wildman–Crippen LogP) is 1.47. The van der Waals surface area contributed by atoms with Crippen LogP contribution in [-0.4, -0.2) is 44.8 Å². The zero-order valence-electron chi connectivity index (χ0n) is 10.1. The first-order chi connectivity index (χ1) is 8.29.